The predicted molar refractivity (Wildman–Crippen MR) is 230 cm³/mol. The number of nitrogens with zero attached hydrogens (tertiary/aromatic N) is 4. The molecule has 5 nitrogen and oxygen atoms in total. The minimum absolute atomic E-state index is 0.559. The highest BCUT2D eigenvalue weighted by molar-refractivity contribution is 6.13. The fourth-order valence-corrected chi connectivity index (χ4v) is 7.49. The minimum atomic E-state index is 0.559. The minimum Gasteiger partial charge on any atom is -0.456 e. The van der Waals surface area contributed by atoms with Gasteiger partial charge in [0.2, 0.25) is 0 Å². The topological polar surface area (TPSA) is 75.6 Å². The Balaban J connectivity index is 1.05. The van der Waals surface area contributed by atoms with E-state index < -0.39 is 0 Å². The zero-order valence-corrected chi connectivity index (χ0v) is 30.7. The molecular weight excluding hydrogens is 697 g/mol. The van der Waals surface area contributed by atoms with E-state index in [1.165, 1.54) is 0 Å². The van der Waals surface area contributed by atoms with Crippen LogP contribution in [0.1, 0.15) is 5.56 Å². The standard InChI is InChI=1S/C52H32N4O/c53-33-34-10-7-15-41(30-34)43-17-8-16-42(31-43)37-22-26-40(27-23-37)51-54-50(39-24-20-36(21-25-39)35-11-3-1-4-12-35)55-52(56-51)44-28-29-46-48(32-44)57-47-19-9-18-45(49(46)47)38-13-5-2-6-14-38/h1-32H. The van der Waals surface area contributed by atoms with Crippen LogP contribution >= 0.6 is 0 Å². The largest absolute Gasteiger partial charge is 0.456 e. The van der Waals surface area contributed by atoms with Crippen LogP contribution in [0.5, 0.6) is 0 Å². The molecule has 2 heterocycles. The van der Waals surface area contributed by atoms with Crippen molar-refractivity contribution in [2.24, 2.45) is 0 Å². The quantitative estimate of drug-likeness (QED) is 0.163. The van der Waals surface area contributed by atoms with E-state index in [9.17, 15) is 5.26 Å². The van der Waals surface area contributed by atoms with E-state index in [-0.39, 0.29) is 0 Å². The predicted octanol–water partition coefficient (Wildman–Crippen LogP) is 13.3. The molecule has 266 valence electrons. The summed E-state index contributed by atoms with van der Waals surface area (Å²) in [5, 5.41) is 11.5. The van der Waals surface area contributed by atoms with Crippen molar-refractivity contribution in [3.63, 3.8) is 0 Å². The molecule has 0 N–H and O–H groups in total. The molecule has 2 aromatic heterocycles. The SMILES string of the molecule is N#Cc1cccc(-c2cccc(-c3ccc(-c4nc(-c5ccc(-c6ccccc6)cc5)nc(-c5ccc6c(c5)oc5cccc(-c7ccccc7)c56)n4)cc3)c2)c1. The van der Waals surface area contributed by atoms with E-state index in [2.05, 4.69) is 127 Å². The van der Waals surface area contributed by atoms with Crippen LogP contribution in [0.25, 0.3) is 101 Å². The maximum absolute atomic E-state index is 9.43. The number of hydrogen-bond acceptors (Lipinski definition) is 5. The lowest BCUT2D eigenvalue weighted by atomic mass is 9.97. The molecule has 10 aromatic rings. The summed E-state index contributed by atoms with van der Waals surface area (Å²) in [6.07, 6.45) is 0. The van der Waals surface area contributed by atoms with Crippen molar-refractivity contribution < 1.29 is 4.42 Å². The second kappa shape index (κ2) is 14.4. The second-order valence-corrected chi connectivity index (χ2v) is 14.0. The molecule has 0 spiro atoms. The molecule has 57 heavy (non-hydrogen) atoms. The Morgan fingerprint density at radius 3 is 1.47 bits per heavy atom. The third-order valence-electron chi connectivity index (χ3n) is 10.4. The van der Waals surface area contributed by atoms with Crippen molar-refractivity contribution in [3.8, 4) is 84.7 Å². The fraction of sp³-hybridized carbons (Fsp3) is 0. The number of rotatable bonds is 7. The monoisotopic (exact) mass is 728 g/mol. The van der Waals surface area contributed by atoms with Crippen LogP contribution in [0.2, 0.25) is 0 Å². The van der Waals surface area contributed by atoms with Crippen LogP contribution in [-0.4, -0.2) is 15.0 Å². The van der Waals surface area contributed by atoms with E-state index in [4.69, 9.17) is 19.4 Å². The Morgan fingerprint density at radius 2 is 0.825 bits per heavy atom. The summed E-state index contributed by atoms with van der Waals surface area (Å²) in [5.41, 5.74) is 13.6. The molecule has 0 fully saturated rings. The van der Waals surface area contributed by atoms with Crippen LogP contribution in [0, 0.1) is 11.3 Å². The van der Waals surface area contributed by atoms with Crippen LogP contribution in [0.4, 0.5) is 0 Å². The molecule has 0 saturated heterocycles. The first kappa shape index (κ1) is 33.6. The molecule has 0 amide bonds. The van der Waals surface area contributed by atoms with Gasteiger partial charge < -0.3 is 4.42 Å². The van der Waals surface area contributed by atoms with Crippen LogP contribution in [-0.2, 0) is 0 Å². The summed E-state index contributed by atoms with van der Waals surface area (Å²) in [6, 6.07) is 68.1. The Morgan fingerprint density at radius 1 is 0.351 bits per heavy atom. The van der Waals surface area contributed by atoms with Gasteiger partial charge in [0.25, 0.3) is 0 Å². The molecule has 0 saturated carbocycles. The molecule has 8 aromatic carbocycles. The third kappa shape index (κ3) is 6.52. The Kier molecular flexibility index (Phi) is 8.48. The van der Waals surface area contributed by atoms with Gasteiger partial charge in [0.1, 0.15) is 11.2 Å². The summed E-state index contributed by atoms with van der Waals surface area (Å²) in [6.45, 7) is 0. The first-order valence-corrected chi connectivity index (χ1v) is 18.8. The van der Waals surface area contributed by atoms with Crippen molar-refractivity contribution in [3.05, 3.63) is 200 Å². The lowest BCUT2D eigenvalue weighted by Gasteiger charge is -2.10. The molecule has 10 rings (SSSR count). The number of fused-ring (bicyclic) bond motifs is 3. The fourth-order valence-electron chi connectivity index (χ4n) is 7.49. The molecule has 0 bridgehead atoms. The molecule has 0 aliphatic carbocycles. The maximum Gasteiger partial charge on any atom is 0.164 e. The summed E-state index contributed by atoms with van der Waals surface area (Å²) in [4.78, 5) is 15.2. The molecule has 0 unspecified atom stereocenters. The van der Waals surface area contributed by atoms with Crippen molar-refractivity contribution in [2.45, 2.75) is 0 Å². The summed E-state index contributed by atoms with van der Waals surface area (Å²) < 4.78 is 6.48. The van der Waals surface area contributed by atoms with Gasteiger partial charge in [-0.25, -0.2) is 15.0 Å². The highest BCUT2D eigenvalue weighted by Gasteiger charge is 2.17. The lowest BCUT2D eigenvalue weighted by molar-refractivity contribution is 0.669. The summed E-state index contributed by atoms with van der Waals surface area (Å²) >= 11 is 0. The van der Waals surface area contributed by atoms with E-state index in [1.807, 2.05) is 72.8 Å². The zero-order chi connectivity index (χ0) is 38.1. The third-order valence-corrected chi connectivity index (χ3v) is 10.4. The smallest absolute Gasteiger partial charge is 0.164 e. The number of aromatic nitrogens is 3. The van der Waals surface area contributed by atoms with Gasteiger partial charge in [0, 0.05) is 27.5 Å². The van der Waals surface area contributed by atoms with Crippen LogP contribution < -0.4 is 0 Å². The molecule has 0 aliphatic rings. The average molecular weight is 729 g/mol. The zero-order valence-electron chi connectivity index (χ0n) is 30.7. The van der Waals surface area contributed by atoms with Gasteiger partial charge in [0.05, 0.1) is 11.6 Å². The van der Waals surface area contributed by atoms with E-state index in [0.717, 1.165) is 83.1 Å². The van der Waals surface area contributed by atoms with E-state index in [0.29, 0.717) is 23.0 Å². The number of hydrogen-bond donors (Lipinski definition) is 0. The van der Waals surface area contributed by atoms with Gasteiger partial charge in [-0.2, -0.15) is 5.26 Å². The average Bonchev–Trinajstić information content (AvgIpc) is 3.68. The first-order chi connectivity index (χ1) is 28.2. The van der Waals surface area contributed by atoms with Crippen molar-refractivity contribution in [1.29, 1.82) is 5.26 Å². The Labute approximate surface area is 329 Å². The van der Waals surface area contributed by atoms with Gasteiger partial charge >= 0.3 is 0 Å². The van der Waals surface area contributed by atoms with Crippen LogP contribution in [0.3, 0.4) is 0 Å². The van der Waals surface area contributed by atoms with E-state index >= 15 is 0 Å². The van der Waals surface area contributed by atoms with Crippen LogP contribution in [0.15, 0.2) is 199 Å². The second-order valence-electron chi connectivity index (χ2n) is 14.0. The van der Waals surface area contributed by atoms with Gasteiger partial charge in [0.15, 0.2) is 17.5 Å². The highest BCUT2D eigenvalue weighted by Crippen LogP contribution is 2.38. The molecule has 0 atom stereocenters. The van der Waals surface area contributed by atoms with Crippen molar-refractivity contribution in [1.82, 2.24) is 15.0 Å². The van der Waals surface area contributed by atoms with Gasteiger partial charge in [-0.15, -0.1) is 0 Å². The Bertz CT molecular complexity index is 3110. The number of nitriles is 1. The maximum atomic E-state index is 9.43. The van der Waals surface area contributed by atoms with Crippen molar-refractivity contribution in [2.75, 3.05) is 0 Å². The molecule has 0 radical (unpaired) electrons. The van der Waals surface area contributed by atoms with Gasteiger partial charge in [-0.3, -0.25) is 0 Å². The lowest BCUT2D eigenvalue weighted by Crippen LogP contribution is -2.00. The summed E-state index contributed by atoms with van der Waals surface area (Å²) in [7, 11) is 0. The van der Waals surface area contributed by atoms with E-state index in [1.54, 1.807) is 0 Å². The molecule has 0 aliphatic heterocycles. The molecular formula is C52H32N4O. The summed E-state index contributed by atoms with van der Waals surface area (Å²) in [5.74, 6) is 1.72. The number of benzene rings is 8. The highest BCUT2D eigenvalue weighted by atomic mass is 16.3. The van der Waals surface area contributed by atoms with Crippen molar-refractivity contribution >= 4 is 21.9 Å². The van der Waals surface area contributed by atoms with Gasteiger partial charge in [-0.1, -0.05) is 158 Å². The van der Waals surface area contributed by atoms with Gasteiger partial charge in [-0.05, 0) is 80.9 Å². The normalized spacial score (nSPS) is 11.1. The Hall–Kier alpha value is -7.94. The first-order valence-electron chi connectivity index (χ1n) is 18.8. The number of furan rings is 1. The molecule has 5 heteroatoms.